The predicted octanol–water partition coefficient (Wildman–Crippen LogP) is 5.65. The number of thioether (sulfide) groups is 1. The number of benzene rings is 2. The summed E-state index contributed by atoms with van der Waals surface area (Å²) >= 11 is 1.42. The Morgan fingerprint density at radius 2 is 1.66 bits per heavy atom. The molecule has 0 aliphatic heterocycles. The first-order valence-electron chi connectivity index (χ1n) is 15.8. The zero-order valence-corrected chi connectivity index (χ0v) is 26.4. The molecular formula is C35H43N3O5S. The van der Waals surface area contributed by atoms with E-state index in [4.69, 9.17) is 9.47 Å². The first-order chi connectivity index (χ1) is 21.3. The molecule has 3 aromatic rings. The van der Waals surface area contributed by atoms with Crippen molar-refractivity contribution in [1.29, 1.82) is 0 Å². The van der Waals surface area contributed by atoms with Gasteiger partial charge in [-0.25, -0.2) is 4.79 Å². The van der Waals surface area contributed by atoms with Crippen LogP contribution < -0.4 is 10.6 Å². The highest BCUT2D eigenvalue weighted by atomic mass is 32.2. The second-order valence-electron chi connectivity index (χ2n) is 13.2. The minimum absolute atomic E-state index is 0.0799. The molecule has 44 heavy (non-hydrogen) atoms. The smallest absolute Gasteiger partial charge is 0.408 e. The van der Waals surface area contributed by atoms with Crippen LogP contribution in [-0.2, 0) is 31.9 Å². The van der Waals surface area contributed by atoms with Gasteiger partial charge in [0.2, 0.25) is 5.91 Å². The molecule has 9 heteroatoms. The van der Waals surface area contributed by atoms with Crippen molar-refractivity contribution >= 4 is 40.6 Å². The molecule has 4 fully saturated rings. The number of carbonyl (C=O) groups is 3. The van der Waals surface area contributed by atoms with Gasteiger partial charge in [0.1, 0.15) is 11.6 Å². The summed E-state index contributed by atoms with van der Waals surface area (Å²) in [7, 11) is 1.37. The molecule has 7 rings (SSSR count). The van der Waals surface area contributed by atoms with Gasteiger partial charge in [-0.3, -0.25) is 9.59 Å². The van der Waals surface area contributed by atoms with E-state index in [9.17, 15) is 14.4 Å². The molecule has 0 radical (unpaired) electrons. The maximum atomic E-state index is 14.3. The van der Waals surface area contributed by atoms with Gasteiger partial charge in [-0.2, -0.15) is 0 Å². The molecule has 0 saturated heterocycles. The topological polar surface area (TPSA) is 110 Å². The highest BCUT2D eigenvalue weighted by Gasteiger charge is 2.50. The van der Waals surface area contributed by atoms with E-state index in [-0.39, 0.29) is 36.2 Å². The average Bonchev–Trinajstić information content (AvgIpc) is 3.41. The molecule has 1 aromatic heterocycles. The Bertz CT molecular complexity index is 1450. The van der Waals surface area contributed by atoms with Crippen LogP contribution in [0.5, 0.6) is 0 Å². The number of methoxy groups -OCH3 is 1. The fraction of sp³-hybridized carbons (Fsp3) is 0.514. The number of hydrogen-bond donors (Lipinski definition) is 3. The third kappa shape index (κ3) is 6.93. The van der Waals surface area contributed by atoms with Gasteiger partial charge in [-0.1, -0.05) is 48.5 Å². The van der Waals surface area contributed by atoms with E-state index in [0.717, 1.165) is 59.5 Å². The van der Waals surface area contributed by atoms with E-state index in [1.165, 1.54) is 25.3 Å². The molecule has 2 aromatic carbocycles. The number of para-hydroxylation sites is 1. The van der Waals surface area contributed by atoms with Crippen molar-refractivity contribution in [3.63, 3.8) is 0 Å². The second-order valence-corrected chi connectivity index (χ2v) is 14.3. The molecular weight excluding hydrogens is 574 g/mol. The zero-order chi connectivity index (χ0) is 30.7. The van der Waals surface area contributed by atoms with Crippen LogP contribution in [0.3, 0.4) is 0 Å². The third-order valence-corrected chi connectivity index (χ3v) is 11.0. The number of alkyl carbamates (subject to hydrolysis) is 1. The lowest BCUT2D eigenvalue weighted by Crippen LogP contribution is -2.61. The summed E-state index contributed by atoms with van der Waals surface area (Å²) in [6, 6.07) is 17.6. The van der Waals surface area contributed by atoms with Gasteiger partial charge in [0.05, 0.1) is 12.9 Å². The number of nitrogens with one attached hydrogen (secondary N) is 3. The molecule has 3 N–H and O–H groups in total. The van der Waals surface area contributed by atoms with Gasteiger partial charge in [0.25, 0.3) is 0 Å². The Kier molecular flexibility index (Phi) is 9.21. The molecule has 4 bridgehead atoms. The highest BCUT2D eigenvalue weighted by molar-refractivity contribution is 7.99. The van der Waals surface area contributed by atoms with Gasteiger partial charge >= 0.3 is 12.1 Å². The summed E-state index contributed by atoms with van der Waals surface area (Å²) in [6.45, 7) is 1.78. The maximum Gasteiger partial charge on any atom is 0.408 e. The van der Waals surface area contributed by atoms with Crippen molar-refractivity contribution in [1.82, 2.24) is 15.6 Å². The van der Waals surface area contributed by atoms with Crippen LogP contribution in [0.15, 0.2) is 60.8 Å². The number of aromatic nitrogens is 1. The Hall–Kier alpha value is -3.46. The molecule has 4 aliphatic rings. The third-order valence-electron chi connectivity index (χ3n) is 9.91. The largest absolute Gasteiger partial charge is 0.468 e. The number of fused-ring (bicyclic) bond motifs is 1. The molecule has 2 atom stereocenters. The van der Waals surface area contributed by atoms with E-state index >= 15 is 0 Å². The number of esters is 1. The number of hydrogen-bond acceptors (Lipinski definition) is 6. The fourth-order valence-electron chi connectivity index (χ4n) is 8.02. The Morgan fingerprint density at radius 1 is 0.977 bits per heavy atom. The fourth-order valence-corrected chi connectivity index (χ4v) is 8.91. The minimum Gasteiger partial charge on any atom is -0.468 e. The van der Waals surface area contributed by atoms with Crippen LogP contribution in [0.25, 0.3) is 10.9 Å². The van der Waals surface area contributed by atoms with Crippen molar-refractivity contribution in [3.05, 3.63) is 71.9 Å². The molecule has 0 spiro atoms. The summed E-state index contributed by atoms with van der Waals surface area (Å²) in [5.74, 6) is 2.51. The molecule has 2 amide bonds. The average molecular weight is 618 g/mol. The molecule has 1 heterocycles. The first-order valence-corrected chi connectivity index (χ1v) is 17.0. The number of ether oxygens (including phenoxy) is 2. The normalized spacial score (nSPS) is 25.6. The van der Waals surface area contributed by atoms with Crippen molar-refractivity contribution in [2.24, 2.45) is 23.7 Å². The predicted molar refractivity (Wildman–Crippen MR) is 172 cm³/mol. The van der Waals surface area contributed by atoms with Crippen LogP contribution in [-0.4, -0.2) is 59.3 Å². The number of amides is 2. The molecule has 8 nitrogen and oxygen atoms in total. The van der Waals surface area contributed by atoms with Crippen molar-refractivity contribution in [3.8, 4) is 0 Å². The van der Waals surface area contributed by atoms with Gasteiger partial charge in [0, 0.05) is 35.3 Å². The second kappa shape index (κ2) is 13.3. The summed E-state index contributed by atoms with van der Waals surface area (Å²) in [5, 5.41) is 7.28. The van der Waals surface area contributed by atoms with Crippen LogP contribution >= 0.6 is 11.8 Å². The Balaban J connectivity index is 1.21. The number of aromatic amines is 1. The minimum atomic E-state index is -1.28. The van der Waals surface area contributed by atoms with Crippen molar-refractivity contribution < 1.29 is 23.9 Å². The Morgan fingerprint density at radius 3 is 2.36 bits per heavy atom. The maximum absolute atomic E-state index is 14.3. The molecule has 4 saturated carbocycles. The van der Waals surface area contributed by atoms with Crippen LogP contribution in [0.4, 0.5) is 4.79 Å². The van der Waals surface area contributed by atoms with Crippen molar-refractivity contribution in [2.45, 2.75) is 69.6 Å². The standard InChI is InChI=1S/C35H43N3O5S/c1-35(18-27-19-36-30-11-7-6-10-29(27)30,38-34(41)43-32-25-13-23-12-24(15-25)16-26(32)14-23)33(40)37-28(20-44-21-31(39)42-2)17-22-8-4-3-5-9-22/h3-11,19,23-26,28,32,36H,12-18,20-21H2,1-2H3,(H,37,40)(H,38,41)/t23?,24?,25?,26?,28-,32?,35+/m0/s1. The van der Waals surface area contributed by atoms with Crippen LogP contribution in [0.1, 0.15) is 50.2 Å². The van der Waals surface area contributed by atoms with Gasteiger partial charge in [0.15, 0.2) is 0 Å². The monoisotopic (exact) mass is 617 g/mol. The van der Waals surface area contributed by atoms with Crippen LogP contribution in [0, 0.1) is 23.7 Å². The molecule has 0 unspecified atom stereocenters. The van der Waals surface area contributed by atoms with Gasteiger partial charge < -0.3 is 25.1 Å². The summed E-state index contributed by atoms with van der Waals surface area (Å²) in [5.41, 5.74) is 1.70. The van der Waals surface area contributed by atoms with E-state index in [0.29, 0.717) is 24.0 Å². The Labute approximate surface area is 263 Å². The quantitative estimate of drug-likeness (QED) is 0.227. The van der Waals surface area contributed by atoms with E-state index in [1.54, 1.807) is 6.92 Å². The lowest BCUT2D eigenvalue weighted by molar-refractivity contribution is -0.137. The van der Waals surface area contributed by atoms with Crippen LogP contribution in [0.2, 0.25) is 0 Å². The summed E-state index contributed by atoms with van der Waals surface area (Å²) in [4.78, 5) is 43.0. The molecule has 234 valence electrons. The van der Waals surface area contributed by atoms with E-state index < -0.39 is 11.6 Å². The summed E-state index contributed by atoms with van der Waals surface area (Å²) in [6.07, 6.45) is 8.07. The zero-order valence-electron chi connectivity index (χ0n) is 25.6. The summed E-state index contributed by atoms with van der Waals surface area (Å²) < 4.78 is 11.0. The van der Waals surface area contributed by atoms with Gasteiger partial charge in [-0.05, 0) is 86.3 Å². The number of carbonyl (C=O) groups excluding carboxylic acids is 3. The highest BCUT2D eigenvalue weighted by Crippen LogP contribution is 2.54. The van der Waals surface area contributed by atoms with E-state index in [1.807, 2.05) is 60.8 Å². The molecule has 4 aliphatic carbocycles. The van der Waals surface area contributed by atoms with Gasteiger partial charge in [-0.15, -0.1) is 11.8 Å². The van der Waals surface area contributed by atoms with E-state index in [2.05, 4.69) is 15.6 Å². The first kappa shape index (κ1) is 30.6. The van der Waals surface area contributed by atoms with Crippen molar-refractivity contribution in [2.75, 3.05) is 18.6 Å². The lowest BCUT2D eigenvalue weighted by Gasteiger charge is -2.53. The number of H-pyrrole nitrogens is 1. The number of rotatable bonds is 12. The SMILES string of the molecule is COC(=O)CSC[C@H](Cc1ccccc1)NC(=O)[C@@](C)(Cc1c[nH]c2ccccc12)NC(=O)OC1C2CC3CC(C2)CC1C3. The lowest BCUT2D eigenvalue weighted by atomic mass is 9.55.